The smallest absolute Gasteiger partial charge is 0.252 e. The lowest BCUT2D eigenvalue weighted by molar-refractivity contribution is 0.100. The molecule has 1 aromatic heterocycles. The number of nitrogens with one attached hydrogen (secondary N) is 2. The second-order valence-electron chi connectivity index (χ2n) is 9.13. The van der Waals surface area contributed by atoms with Crippen molar-refractivity contribution in [2.24, 2.45) is 16.5 Å². The van der Waals surface area contributed by atoms with Crippen LogP contribution in [0.25, 0.3) is 0 Å². The van der Waals surface area contributed by atoms with Gasteiger partial charge in [0, 0.05) is 38.4 Å². The fourth-order valence-corrected chi connectivity index (χ4v) is 4.22. The lowest BCUT2D eigenvalue weighted by Gasteiger charge is -2.24. The van der Waals surface area contributed by atoms with Gasteiger partial charge < -0.3 is 31.7 Å². The number of amides is 1. The van der Waals surface area contributed by atoms with Crippen molar-refractivity contribution in [3.8, 4) is 5.75 Å². The zero-order valence-electron chi connectivity index (χ0n) is 22.7. The third-order valence-corrected chi connectivity index (χ3v) is 6.16. The summed E-state index contributed by atoms with van der Waals surface area (Å²) in [6.07, 6.45) is 0.807. The Morgan fingerprint density at radius 2 is 1.82 bits per heavy atom. The molecule has 2 atom stereocenters. The highest BCUT2D eigenvalue weighted by Crippen LogP contribution is 2.29. The molecule has 3 rings (SSSR count). The van der Waals surface area contributed by atoms with Gasteiger partial charge in [0.1, 0.15) is 17.4 Å². The van der Waals surface area contributed by atoms with Crippen molar-refractivity contribution in [1.82, 2.24) is 9.88 Å². The largest absolute Gasteiger partial charge is 0.497 e. The van der Waals surface area contributed by atoms with Crippen LogP contribution in [0.5, 0.6) is 5.75 Å². The Morgan fingerprint density at radius 3 is 2.34 bits per heavy atom. The summed E-state index contributed by atoms with van der Waals surface area (Å²) in [7, 11) is 7.16. The van der Waals surface area contributed by atoms with Crippen molar-refractivity contribution in [2.45, 2.75) is 32.4 Å². The quantitative estimate of drug-likeness (QED) is 0.234. The van der Waals surface area contributed by atoms with Crippen LogP contribution in [0, 0.1) is 5.82 Å². The van der Waals surface area contributed by atoms with Crippen LogP contribution in [0.3, 0.4) is 0 Å². The summed E-state index contributed by atoms with van der Waals surface area (Å²) in [6, 6.07) is 13.3. The maximum absolute atomic E-state index is 15.1. The number of carbonyl (C=O) groups is 1. The molecular weight excluding hydrogens is 485 g/mol. The maximum Gasteiger partial charge on any atom is 0.252 e. The SMILES string of the molecule is CCc1ccc(Nc2nc(NC(c3ccc(OC)cc3)[C@H](C)N)c(F)cc2C(N)=O)cc1/C(=N\C)N(C)C. The number of benzene rings is 2. The highest BCUT2D eigenvalue weighted by Gasteiger charge is 2.22. The normalized spacial score (nSPS) is 13.0. The first-order valence-electron chi connectivity index (χ1n) is 12.3. The van der Waals surface area contributed by atoms with Gasteiger partial charge in [-0.05, 0) is 54.8 Å². The summed E-state index contributed by atoms with van der Waals surface area (Å²) in [4.78, 5) is 23.0. The molecule has 202 valence electrons. The molecule has 2 aromatic carbocycles. The van der Waals surface area contributed by atoms with E-state index in [1.54, 1.807) is 26.3 Å². The Morgan fingerprint density at radius 1 is 1.13 bits per heavy atom. The fourth-order valence-electron chi connectivity index (χ4n) is 4.22. The van der Waals surface area contributed by atoms with Gasteiger partial charge in [0.2, 0.25) is 0 Å². The van der Waals surface area contributed by atoms with Gasteiger partial charge in [0.25, 0.3) is 5.91 Å². The maximum atomic E-state index is 15.1. The molecular formula is C28H36FN7O2. The van der Waals surface area contributed by atoms with E-state index in [2.05, 4.69) is 27.5 Å². The number of pyridine rings is 1. The molecule has 0 aliphatic carbocycles. The first-order chi connectivity index (χ1) is 18.1. The Kier molecular flexibility index (Phi) is 9.25. The Hall–Kier alpha value is -4.18. The molecule has 0 bridgehead atoms. The third-order valence-electron chi connectivity index (χ3n) is 6.16. The predicted octanol–water partition coefficient (Wildman–Crippen LogP) is 4.07. The number of hydrogen-bond acceptors (Lipinski definition) is 7. The second-order valence-corrected chi connectivity index (χ2v) is 9.13. The lowest BCUT2D eigenvalue weighted by atomic mass is 10.0. The first kappa shape index (κ1) is 28.4. The van der Waals surface area contributed by atoms with Gasteiger partial charge in [0.05, 0.1) is 18.7 Å². The van der Waals surface area contributed by atoms with E-state index in [1.165, 1.54) is 0 Å². The molecule has 3 aromatic rings. The van der Waals surface area contributed by atoms with Crippen LogP contribution in [-0.4, -0.2) is 55.9 Å². The number of aromatic nitrogens is 1. The molecule has 10 heteroatoms. The number of aryl methyl sites for hydroxylation is 1. The molecule has 1 amide bonds. The van der Waals surface area contributed by atoms with Gasteiger partial charge in [-0.15, -0.1) is 0 Å². The molecule has 0 saturated heterocycles. The summed E-state index contributed by atoms with van der Waals surface area (Å²) < 4.78 is 20.4. The van der Waals surface area contributed by atoms with E-state index in [4.69, 9.17) is 16.2 Å². The number of halogens is 1. The molecule has 6 N–H and O–H groups in total. The van der Waals surface area contributed by atoms with Crippen LogP contribution >= 0.6 is 0 Å². The van der Waals surface area contributed by atoms with Crippen molar-refractivity contribution in [3.05, 3.63) is 76.6 Å². The number of methoxy groups -OCH3 is 1. The van der Waals surface area contributed by atoms with E-state index in [0.29, 0.717) is 11.4 Å². The van der Waals surface area contributed by atoms with Gasteiger partial charge in [-0.3, -0.25) is 9.79 Å². The highest BCUT2D eigenvalue weighted by atomic mass is 19.1. The Bertz CT molecular complexity index is 1310. The van der Waals surface area contributed by atoms with Crippen LogP contribution < -0.4 is 26.8 Å². The van der Waals surface area contributed by atoms with Crippen LogP contribution in [0.1, 0.15) is 46.9 Å². The average Bonchev–Trinajstić information content (AvgIpc) is 2.88. The van der Waals surface area contributed by atoms with Gasteiger partial charge in [-0.1, -0.05) is 25.1 Å². The van der Waals surface area contributed by atoms with Gasteiger partial charge >= 0.3 is 0 Å². The van der Waals surface area contributed by atoms with E-state index in [9.17, 15) is 4.79 Å². The Balaban J connectivity index is 2.03. The molecule has 1 heterocycles. The topological polar surface area (TPSA) is 131 Å². The minimum Gasteiger partial charge on any atom is -0.497 e. The van der Waals surface area contributed by atoms with Crippen LogP contribution in [-0.2, 0) is 6.42 Å². The number of rotatable bonds is 10. The number of hydrogen-bond donors (Lipinski definition) is 4. The van der Waals surface area contributed by atoms with Gasteiger partial charge in [-0.25, -0.2) is 9.37 Å². The number of ether oxygens (including phenoxy) is 1. The molecule has 9 nitrogen and oxygen atoms in total. The summed E-state index contributed by atoms with van der Waals surface area (Å²) in [5.74, 6) is 0.0178. The number of anilines is 3. The van der Waals surface area contributed by atoms with Crippen molar-refractivity contribution in [2.75, 3.05) is 38.9 Å². The van der Waals surface area contributed by atoms with E-state index in [-0.39, 0.29) is 17.2 Å². The number of carbonyl (C=O) groups excluding carboxylic acids is 1. The van der Waals surface area contributed by atoms with Gasteiger partial charge in [0.15, 0.2) is 11.6 Å². The van der Waals surface area contributed by atoms with Crippen LogP contribution in [0.4, 0.5) is 21.7 Å². The number of aliphatic imine (C=N–C) groups is 1. The zero-order valence-corrected chi connectivity index (χ0v) is 22.7. The van der Waals surface area contributed by atoms with Crippen molar-refractivity contribution in [1.29, 1.82) is 0 Å². The summed E-state index contributed by atoms with van der Waals surface area (Å²) in [6.45, 7) is 3.88. The van der Waals surface area contributed by atoms with E-state index < -0.39 is 23.8 Å². The lowest BCUT2D eigenvalue weighted by Crippen LogP contribution is -2.31. The van der Waals surface area contributed by atoms with Crippen molar-refractivity contribution < 1.29 is 13.9 Å². The predicted molar refractivity (Wildman–Crippen MR) is 151 cm³/mol. The summed E-state index contributed by atoms with van der Waals surface area (Å²) in [5, 5.41) is 6.24. The molecule has 1 unspecified atom stereocenters. The van der Waals surface area contributed by atoms with Crippen molar-refractivity contribution >= 4 is 29.1 Å². The summed E-state index contributed by atoms with van der Waals surface area (Å²) >= 11 is 0. The highest BCUT2D eigenvalue weighted by molar-refractivity contribution is 6.01. The zero-order chi connectivity index (χ0) is 28.0. The average molecular weight is 522 g/mol. The Labute approximate surface area is 223 Å². The van der Waals surface area contributed by atoms with Gasteiger partial charge in [-0.2, -0.15) is 0 Å². The molecule has 0 radical (unpaired) electrons. The minimum atomic E-state index is -0.807. The molecule has 0 spiro atoms. The second kappa shape index (κ2) is 12.4. The monoisotopic (exact) mass is 521 g/mol. The number of amidine groups is 1. The molecule has 0 saturated carbocycles. The molecule has 38 heavy (non-hydrogen) atoms. The van der Waals surface area contributed by atoms with Crippen molar-refractivity contribution in [3.63, 3.8) is 0 Å². The first-order valence-corrected chi connectivity index (χ1v) is 12.3. The van der Waals surface area contributed by atoms with E-state index >= 15 is 4.39 Å². The molecule has 0 fully saturated rings. The number of nitrogens with zero attached hydrogens (tertiary/aromatic N) is 3. The molecule has 0 aliphatic rings. The third kappa shape index (κ3) is 6.38. The van der Waals surface area contributed by atoms with E-state index in [1.807, 2.05) is 56.3 Å². The number of nitrogens with two attached hydrogens (primary N) is 2. The van der Waals surface area contributed by atoms with Crippen LogP contribution in [0.15, 0.2) is 53.5 Å². The standard InChI is InChI=1S/C28H36FN7O2/c1-7-17-8-11-19(14-21(17)28(32-3)36(4)5)33-26-22(25(31)37)15-23(29)27(35-26)34-24(16(2)30)18-9-12-20(38-6)13-10-18/h8-16,24H,7,30H2,1-6H3,(H2,31,37)(H2,33,34,35)/b32-28+/t16-,24?/m0/s1. The van der Waals surface area contributed by atoms with E-state index in [0.717, 1.165) is 35.0 Å². The summed E-state index contributed by atoms with van der Waals surface area (Å²) in [5.41, 5.74) is 15.2. The van der Waals surface area contributed by atoms with Crippen LogP contribution in [0.2, 0.25) is 0 Å². The molecule has 0 aliphatic heterocycles. The fraction of sp³-hybridized carbons (Fsp3) is 0.321. The number of primary amides is 1. The minimum absolute atomic E-state index is 0.0647.